The summed E-state index contributed by atoms with van der Waals surface area (Å²) in [6, 6.07) is 20.0. The van der Waals surface area contributed by atoms with Crippen LogP contribution < -0.4 is 4.80 Å². The molecule has 1 N–H and O–H groups in total. The highest BCUT2D eigenvalue weighted by molar-refractivity contribution is 7.07. The summed E-state index contributed by atoms with van der Waals surface area (Å²) in [5.74, 6) is 0. The van der Waals surface area contributed by atoms with Gasteiger partial charge in [-0.1, -0.05) is 53.5 Å². The van der Waals surface area contributed by atoms with Crippen LogP contribution in [0.3, 0.4) is 0 Å². The number of hydrogen-bond donors (Lipinski definition) is 1. The normalized spacial score (nSPS) is 11.9. The number of fused-ring (bicyclic) bond motifs is 1. The third-order valence-electron chi connectivity index (χ3n) is 5.56. The lowest BCUT2D eigenvalue weighted by Crippen LogP contribution is -2.17. The number of halogens is 2. The standard InChI is InChI=1S/C25H18Cl2N4O2S/c26-18-8-9-23(21(27)13-18)29-25-30(11-10-17-14-28-22-7-2-1-6-20(17)22)24(15-34-25)16-4-3-5-19(12-16)31(32)33/h1-9,12-15,28H,10-11H2. The van der Waals surface area contributed by atoms with Gasteiger partial charge in [0.15, 0.2) is 4.80 Å². The third kappa shape index (κ3) is 4.50. The molecular formula is C25H18Cl2N4O2S. The van der Waals surface area contributed by atoms with E-state index in [2.05, 4.69) is 15.6 Å². The molecule has 3 aromatic carbocycles. The number of aromatic nitrogens is 2. The summed E-state index contributed by atoms with van der Waals surface area (Å²) in [4.78, 5) is 19.8. The van der Waals surface area contributed by atoms with Crippen molar-refractivity contribution in [1.82, 2.24) is 9.55 Å². The zero-order valence-electron chi connectivity index (χ0n) is 17.7. The monoisotopic (exact) mass is 508 g/mol. The first-order valence-electron chi connectivity index (χ1n) is 10.5. The predicted octanol–water partition coefficient (Wildman–Crippen LogP) is 7.39. The molecule has 0 atom stereocenters. The van der Waals surface area contributed by atoms with Crippen LogP contribution in [0.5, 0.6) is 0 Å². The molecule has 0 bridgehead atoms. The number of aromatic amines is 1. The number of aryl methyl sites for hydroxylation is 1. The van der Waals surface area contributed by atoms with Crippen LogP contribution in [0.4, 0.5) is 11.4 Å². The second kappa shape index (κ2) is 9.46. The van der Waals surface area contributed by atoms with E-state index in [1.165, 1.54) is 28.4 Å². The minimum atomic E-state index is -0.384. The zero-order valence-corrected chi connectivity index (χ0v) is 20.1. The Morgan fingerprint density at radius 2 is 1.91 bits per heavy atom. The fourth-order valence-electron chi connectivity index (χ4n) is 3.89. The van der Waals surface area contributed by atoms with Gasteiger partial charge < -0.3 is 9.55 Å². The number of para-hydroxylation sites is 1. The Hall–Kier alpha value is -3.39. The average molecular weight is 509 g/mol. The molecule has 0 amide bonds. The molecule has 0 unspecified atom stereocenters. The zero-order chi connectivity index (χ0) is 23.7. The number of rotatable bonds is 6. The van der Waals surface area contributed by atoms with E-state index in [1.807, 2.05) is 35.8 Å². The van der Waals surface area contributed by atoms with Crippen LogP contribution in [0.25, 0.3) is 22.2 Å². The van der Waals surface area contributed by atoms with Crippen molar-refractivity contribution < 1.29 is 4.92 Å². The van der Waals surface area contributed by atoms with Crippen molar-refractivity contribution in [2.75, 3.05) is 0 Å². The quantitative estimate of drug-likeness (QED) is 0.191. The van der Waals surface area contributed by atoms with Crippen molar-refractivity contribution >= 4 is 56.8 Å². The van der Waals surface area contributed by atoms with Crippen LogP contribution in [0.15, 0.2) is 83.3 Å². The minimum absolute atomic E-state index is 0.0473. The molecule has 0 aliphatic rings. The first-order chi connectivity index (χ1) is 16.5. The van der Waals surface area contributed by atoms with Crippen molar-refractivity contribution in [3.63, 3.8) is 0 Å². The van der Waals surface area contributed by atoms with Crippen LogP contribution in [-0.2, 0) is 13.0 Å². The summed E-state index contributed by atoms with van der Waals surface area (Å²) >= 11 is 13.9. The Bertz CT molecular complexity index is 1590. The lowest BCUT2D eigenvalue weighted by atomic mass is 10.1. The number of benzene rings is 3. The van der Waals surface area contributed by atoms with E-state index in [9.17, 15) is 10.1 Å². The second-order valence-corrected chi connectivity index (χ2v) is 9.36. The van der Waals surface area contributed by atoms with E-state index in [1.54, 1.807) is 30.3 Å². The van der Waals surface area contributed by atoms with Crippen molar-refractivity contribution in [2.45, 2.75) is 13.0 Å². The van der Waals surface area contributed by atoms with Gasteiger partial charge in [0.05, 0.1) is 21.3 Å². The van der Waals surface area contributed by atoms with Crippen LogP contribution in [0, 0.1) is 10.1 Å². The molecule has 6 nitrogen and oxygen atoms in total. The number of non-ortho nitro benzene ring substituents is 1. The largest absolute Gasteiger partial charge is 0.361 e. The van der Waals surface area contributed by atoms with E-state index in [4.69, 9.17) is 28.2 Å². The first-order valence-corrected chi connectivity index (χ1v) is 12.1. The minimum Gasteiger partial charge on any atom is -0.361 e. The molecule has 5 rings (SSSR count). The summed E-state index contributed by atoms with van der Waals surface area (Å²) in [6.45, 7) is 0.632. The molecule has 0 saturated carbocycles. The molecular weight excluding hydrogens is 491 g/mol. The molecule has 0 spiro atoms. The van der Waals surface area contributed by atoms with Crippen LogP contribution in [-0.4, -0.2) is 14.5 Å². The highest BCUT2D eigenvalue weighted by Gasteiger charge is 2.14. The van der Waals surface area contributed by atoms with Gasteiger partial charge in [0, 0.05) is 51.7 Å². The molecule has 0 saturated heterocycles. The van der Waals surface area contributed by atoms with Gasteiger partial charge in [-0.25, -0.2) is 4.99 Å². The summed E-state index contributed by atoms with van der Waals surface area (Å²) in [5.41, 5.74) is 4.55. The third-order valence-corrected chi connectivity index (χ3v) is 6.96. The Kier molecular flexibility index (Phi) is 6.24. The lowest BCUT2D eigenvalue weighted by Gasteiger charge is -2.09. The highest BCUT2D eigenvalue weighted by Crippen LogP contribution is 2.29. The summed E-state index contributed by atoms with van der Waals surface area (Å²) in [6.07, 6.45) is 2.78. The number of nitro groups is 1. The van der Waals surface area contributed by atoms with Crippen LogP contribution >= 0.6 is 34.5 Å². The molecule has 0 radical (unpaired) electrons. The fourth-order valence-corrected chi connectivity index (χ4v) is 5.29. The topological polar surface area (TPSA) is 76.2 Å². The fraction of sp³-hybridized carbons (Fsp3) is 0.0800. The van der Waals surface area contributed by atoms with Gasteiger partial charge in [0.1, 0.15) is 0 Å². The van der Waals surface area contributed by atoms with Gasteiger partial charge in [-0.2, -0.15) is 0 Å². The van der Waals surface area contributed by atoms with Crippen molar-refractivity contribution in [2.24, 2.45) is 4.99 Å². The van der Waals surface area contributed by atoms with Gasteiger partial charge in [0.25, 0.3) is 5.69 Å². The van der Waals surface area contributed by atoms with E-state index in [-0.39, 0.29) is 10.6 Å². The van der Waals surface area contributed by atoms with Gasteiger partial charge in [-0.05, 0) is 36.2 Å². The molecule has 2 heterocycles. The smallest absolute Gasteiger partial charge is 0.270 e. The van der Waals surface area contributed by atoms with Gasteiger partial charge in [-0.3, -0.25) is 10.1 Å². The molecule has 34 heavy (non-hydrogen) atoms. The Labute approximate surface area is 208 Å². The average Bonchev–Trinajstić information content (AvgIpc) is 3.43. The molecule has 0 aliphatic carbocycles. The first kappa shape index (κ1) is 22.4. The summed E-state index contributed by atoms with van der Waals surface area (Å²) in [5, 5.41) is 15.5. The summed E-state index contributed by atoms with van der Waals surface area (Å²) < 4.78 is 2.08. The van der Waals surface area contributed by atoms with E-state index >= 15 is 0 Å². The predicted molar refractivity (Wildman–Crippen MR) is 138 cm³/mol. The van der Waals surface area contributed by atoms with Gasteiger partial charge in [-0.15, -0.1) is 11.3 Å². The Morgan fingerprint density at radius 1 is 1.06 bits per heavy atom. The maximum Gasteiger partial charge on any atom is 0.270 e. The van der Waals surface area contributed by atoms with E-state index in [0.717, 1.165) is 28.0 Å². The number of thiazole rings is 1. The molecule has 2 aromatic heterocycles. The van der Waals surface area contributed by atoms with Crippen LogP contribution in [0.2, 0.25) is 10.0 Å². The molecule has 0 fully saturated rings. The van der Waals surface area contributed by atoms with E-state index < -0.39 is 0 Å². The van der Waals surface area contributed by atoms with Crippen molar-refractivity contribution in [3.05, 3.63) is 109 Å². The highest BCUT2D eigenvalue weighted by atomic mass is 35.5. The molecule has 5 aromatic rings. The number of hydrogen-bond acceptors (Lipinski definition) is 4. The molecule has 0 aliphatic heterocycles. The SMILES string of the molecule is O=[N+]([O-])c1cccc(-c2csc(=Nc3ccc(Cl)cc3Cl)n2CCc2c[nH]c3ccccc23)c1. The number of nitro benzene ring substituents is 1. The maximum atomic E-state index is 11.3. The Balaban J connectivity index is 1.60. The number of nitrogens with one attached hydrogen (secondary N) is 1. The lowest BCUT2D eigenvalue weighted by molar-refractivity contribution is -0.384. The van der Waals surface area contributed by atoms with Gasteiger partial charge in [0.2, 0.25) is 0 Å². The van der Waals surface area contributed by atoms with Crippen molar-refractivity contribution in [1.29, 1.82) is 0 Å². The van der Waals surface area contributed by atoms with E-state index in [0.29, 0.717) is 22.3 Å². The second-order valence-electron chi connectivity index (χ2n) is 7.68. The van der Waals surface area contributed by atoms with Crippen molar-refractivity contribution in [3.8, 4) is 11.3 Å². The number of nitrogens with zero attached hydrogens (tertiary/aromatic N) is 3. The summed E-state index contributed by atoms with van der Waals surface area (Å²) in [7, 11) is 0. The molecule has 9 heteroatoms. The molecule has 170 valence electrons. The van der Waals surface area contributed by atoms with Crippen LogP contribution in [0.1, 0.15) is 5.56 Å². The van der Waals surface area contributed by atoms with Gasteiger partial charge >= 0.3 is 0 Å². The number of H-pyrrole nitrogens is 1. The Morgan fingerprint density at radius 3 is 2.74 bits per heavy atom. The maximum absolute atomic E-state index is 11.3.